The van der Waals surface area contributed by atoms with Gasteiger partial charge in [-0.2, -0.15) is 10.2 Å². The van der Waals surface area contributed by atoms with Crippen molar-refractivity contribution in [3.63, 3.8) is 0 Å². The van der Waals surface area contributed by atoms with Crippen LogP contribution in [0.4, 0.5) is 4.39 Å². The minimum atomic E-state index is -0.786. The molecule has 1 saturated heterocycles. The number of hydrogen-bond donors (Lipinski definition) is 2. The van der Waals surface area contributed by atoms with Crippen molar-refractivity contribution in [3.8, 4) is 0 Å². The molecule has 2 aromatic carbocycles. The molecule has 2 heterocycles. The Morgan fingerprint density at radius 1 is 1.06 bits per heavy atom. The summed E-state index contributed by atoms with van der Waals surface area (Å²) in [6, 6.07) is 14.6. The second-order valence-electron chi connectivity index (χ2n) is 8.49. The topological polar surface area (TPSA) is 89.8 Å². The van der Waals surface area contributed by atoms with E-state index in [4.69, 9.17) is 9.94 Å². The fourth-order valence-electron chi connectivity index (χ4n) is 4.25. The summed E-state index contributed by atoms with van der Waals surface area (Å²) >= 11 is 0. The molecule has 8 nitrogen and oxygen atoms in total. The summed E-state index contributed by atoms with van der Waals surface area (Å²) in [6.07, 6.45) is 2.49. The van der Waals surface area contributed by atoms with Crippen molar-refractivity contribution in [2.24, 2.45) is 10.2 Å². The number of carboxylic acid groups (broad SMARTS) is 1. The van der Waals surface area contributed by atoms with E-state index in [1.54, 1.807) is 12.1 Å². The normalized spacial score (nSPS) is 19.3. The van der Waals surface area contributed by atoms with E-state index in [1.165, 1.54) is 12.1 Å². The molecule has 0 radical (unpaired) electrons. The number of aliphatic carboxylic acids is 1. The molecule has 0 amide bonds. The van der Waals surface area contributed by atoms with E-state index in [2.05, 4.69) is 32.7 Å². The van der Waals surface area contributed by atoms with Crippen LogP contribution in [0.1, 0.15) is 16.7 Å². The molecule has 2 aliphatic heterocycles. The van der Waals surface area contributed by atoms with Gasteiger partial charge in [-0.1, -0.05) is 36.4 Å². The van der Waals surface area contributed by atoms with Gasteiger partial charge in [0.05, 0.1) is 19.6 Å². The Morgan fingerprint density at radius 3 is 2.56 bits per heavy atom. The zero-order valence-corrected chi connectivity index (χ0v) is 19.1. The van der Waals surface area contributed by atoms with Crippen molar-refractivity contribution >= 4 is 11.5 Å². The maximum absolute atomic E-state index is 13.0. The largest absolute Gasteiger partial charge is 0.480 e. The number of benzene rings is 2. The first-order valence-electron chi connectivity index (χ1n) is 11.5. The van der Waals surface area contributed by atoms with Gasteiger partial charge in [0.25, 0.3) is 0 Å². The van der Waals surface area contributed by atoms with Crippen LogP contribution in [0.25, 0.3) is 5.57 Å². The number of carboxylic acids is 1. The zero-order chi connectivity index (χ0) is 23.8. The van der Waals surface area contributed by atoms with E-state index < -0.39 is 5.97 Å². The number of carbonyl (C=O) groups is 1. The third-order valence-corrected chi connectivity index (χ3v) is 6.10. The van der Waals surface area contributed by atoms with Crippen LogP contribution in [-0.2, 0) is 22.6 Å². The SMILES string of the molecule is O=C(O)CN1CCN(CC2ONC=C2c2ccccc2CN=NCCc2ccc(F)cc2)CC1. The lowest BCUT2D eigenvalue weighted by Crippen LogP contribution is -2.50. The van der Waals surface area contributed by atoms with Crippen LogP contribution in [0.3, 0.4) is 0 Å². The van der Waals surface area contributed by atoms with Crippen molar-refractivity contribution in [1.82, 2.24) is 15.3 Å². The molecular formula is C25H30FN5O3. The van der Waals surface area contributed by atoms with Crippen LogP contribution in [0.5, 0.6) is 0 Å². The number of hydroxylamine groups is 1. The standard InChI is InChI=1S/C25H30FN5O3/c26-21-7-5-19(6-8-21)9-10-27-28-15-20-3-1-2-4-22(20)23-16-29-34-24(23)17-30-11-13-31(14-12-30)18-25(32)33/h1-8,16,24,29H,9-15,17-18H2,(H,32,33). The van der Waals surface area contributed by atoms with Gasteiger partial charge < -0.3 is 5.11 Å². The van der Waals surface area contributed by atoms with Gasteiger partial charge in [0.1, 0.15) is 11.9 Å². The molecule has 1 atom stereocenters. The summed E-state index contributed by atoms with van der Waals surface area (Å²) in [6.45, 7) is 4.93. The van der Waals surface area contributed by atoms with E-state index in [1.807, 2.05) is 23.2 Å². The Morgan fingerprint density at radius 2 is 1.79 bits per heavy atom. The third kappa shape index (κ3) is 6.69. The fourth-order valence-corrected chi connectivity index (χ4v) is 4.25. The summed E-state index contributed by atoms with van der Waals surface area (Å²) < 4.78 is 13.0. The number of rotatable bonds is 10. The molecule has 34 heavy (non-hydrogen) atoms. The highest BCUT2D eigenvalue weighted by molar-refractivity contribution is 5.72. The lowest BCUT2D eigenvalue weighted by atomic mass is 9.96. The maximum atomic E-state index is 13.0. The molecule has 180 valence electrons. The van der Waals surface area contributed by atoms with Gasteiger partial charge in [-0.15, -0.1) is 0 Å². The monoisotopic (exact) mass is 467 g/mol. The van der Waals surface area contributed by atoms with E-state index >= 15 is 0 Å². The Hall–Kier alpha value is -3.14. The van der Waals surface area contributed by atoms with Gasteiger partial charge in [-0.25, -0.2) is 4.39 Å². The van der Waals surface area contributed by atoms with E-state index in [-0.39, 0.29) is 18.5 Å². The lowest BCUT2D eigenvalue weighted by molar-refractivity contribution is -0.138. The number of azo groups is 1. The van der Waals surface area contributed by atoms with E-state index in [0.717, 1.165) is 61.4 Å². The summed E-state index contributed by atoms with van der Waals surface area (Å²) in [5.41, 5.74) is 7.18. The Kier molecular flexibility index (Phi) is 8.35. The summed E-state index contributed by atoms with van der Waals surface area (Å²) in [5, 5.41) is 17.7. The molecule has 1 unspecified atom stereocenters. The molecule has 0 spiro atoms. The predicted molar refractivity (Wildman–Crippen MR) is 126 cm³/mol. The molecule has 2 aromatic rings. The smallest absolute Gasteiger partial charge is 0.317 e. The van der Waals surface area contributed by atoms with Crippen LogP contribution in [0.15, 0.2) is 65.0 Å². The van der Waals surface area contributed by atoms with Gasteiger partial charge in [0.15, 0.2) is 0 Å². The molecule has 9 heteroatoms. The van der Waals surface area contributed by atoms with Crippen LogP contribution in [-0.4, -0.2) is 72.8 Å². The van der Waals surface area contributed by atoms with Crippen molar-refractivity contribution < 1.29 is 19.1 Å². The van der Waals surface area contributed by atoms with Crippen LogP contribution in [0.2, 0.25) is 0 Å². The molecule has 2 N–H and O–H groups in total. The van der Waals surface area contributed by atoms with Gasteiger partial charge in [0.2, 0.25) is 0 Å². The Bertz CT molecular complexity index is 1020. The van der Waals surface area contributed by atoms with Gasteiger partial charge in [-0.05, 0) is 35.2 Å². The highest BCUT2D eigenvalue weighted by Crippen LogP contribution is 2.28. The Labute approximate surface area is 198 Å². The number of halogens is 1. The van der Waals surface area contributed by atoms with Crippen LogP contribution in [0, 0.1) is 5.82 Å². The number of nitrogens with zero attached hydrogens (tertiary/aromatic N) is 4. The first kappa shape index (κ1) is 24.0. The quantitative estimate of drug-likeness (QED) is 0.523. The number of piperazine rings is 1. The van der Waals surface area contributed by atoms with Crippen molar-refractivity contribution in [3.05, 3.63) is 77.2 Å². The van der Waals surface area contributed by atoms with Gasteiger partial charge in [0, 0.05) is 44.5 Å². The molecule has 0 bridgehead atoms. The highest BCUT2D eigenvalue weighted by atomic mass is 19.1. The fraction of sp³-hybridized carbons (Fsp3) is 0.400. The zero-order valence-electron chi connectivity index (χ0n) is 19.1. The molecule has 0 aliphatic carbocycles. The second kappa shape index (κ2) is 11.8. The maximum Gasteiger partial charge on any atom is 0.317 e. The molecule has 4 rings (SSSR count). The first-order valence-corrected chi connectivity index (χ1v) is 11.5. The number of hydrogen-bond acceptors (Lipinski definition) is 7. The van der Waals surface area contributed by atoms with Crippen LogP contribution >= 0.6 is 0 Å². The van der Waals surface area contributed by atoms with Gasteiger partial charge in [-0.3, -0.25) is 24.9 Å². The molecule has 1 fully saturated rings. The Balaban J connectivity index is 1.31. The molecule has 0 aromatic heterocycles. The van der Waals surface area contributed by atoms with E-state index in [0.29, 0.717) is 13.1 Å². The van der Waals surface area contributed by atoms with Crippen molar-refractivity contribution in [1.29, 1.82) is 0 Å². The summed E-state index contributed by atoms with van der Waals surface area (Å²) in [7, 11) is 0. The lowest BCUT2D eigenvalue weighted by Gasteiger charge is -2.35. The molecule has 0 saturated carbocycles. The summed E-state index contributed by atoms with van der Waals surface area (Å²) in [5.74, 6) is -1.02. The second-order valence-corrected chi connectivity index (χ2v) is 8.49. The van der Waals surface area contributed by atoms with Gasteiger partial charge >= 0.3 is 5.97 Å². The van der Waals surface area contributed by atoms with Crippen LogP contribution < -0.4 is 5.48 Å². The van der Waals surface area contributed by atoms with E-state index in [9.17, 15) is 9.18 Å². The average Bonchev–Trinajstić information content (AvgIpc) is 3.29. The highest BCUT2D eigenvalue weighted by Gasteiger charge is 2.28. The first-order chi connectivity index (χ1) is 16.6. The summed E-state index contributed by atoms with van der Waals surface area (Å²) in [4.78, 5) is 21.0. The minimum absolute atomic E-state index is 0.0896. The molecular weight excluding hydrogens is 437 g/mol. The number of nitrogens with one attached hydrogen (secondary N) is 1. The predicted octanol–water partition coefficient (Wildman–Crippen LogP) is 2.97. The van der Waals surface area contributed by atoms with Crippen molar-refractivity contribution in [2.75, 3.05) is 45.8 Å². The minimum Gasteiger partial charge on any atom is -0.480 e. The third-order valence-electron chi connectivity index (χ3n) is 6.10. The molecule has 2 aliphatic rings. The average molecular weight is 468 g/mol. The van der Waals surface area contributed by atoms with Crippen molar-refractivity contribution in [2.45, 2.75) is 19.1 Å².